The first kappa shape index (κ1) is 15.5. The Hall–Kier alpha value is -1.56. The highest BCUT2D eigenvalue weighted by molar-refractivity contribution is 7.08. The molecule has 1 rings (SSSR count). The minimum absolute atomic E-state index is 0.0364. The van der Waals surface area contributed by atoms with Crippen molar-refractivity contribution in [2.75, 3.05) is 11.9 Å². The van der Waals surface area contributed by atoms with Crippen molar-refractivity contribution < 1.29 is 14.7 Å². The van der Waals surface area contributed by atoms with Crippen molar-refractivity contribution in [3.8, 4) is 0 Å². The SMILES string of the molecule is CC(C)C[C@H](CNC(=O)Nc1ccsc1)CC(=O)O. The number of carboxylic acid groups (broad SMARTS) is 1. The van der Waals surface area contributed by atoms with E-state index >= 15 is 0 Å². The van der Waals surface area contributed by atoms with Crippen molar-refractivity contribution in [3.63, 3.8) is 0 Å². The average Bonchev–Trinajstić information content (AvgIpc) is 2.77. The summed E-state index contributed by atoms with van der Waals surface area (Å²) in [6.45, 7) is 4.46. The number of carbonyl (C=O) groups excluding carboxylic acids is 1. The van der Waals surface area contributed by atoms with Crippen LogP contribution in [0.1, 0.15) is 26.7 Å². The number of amides is 2. The lowest BCUT2D eigenvalue weighted by molar-refractivity contribution is -0.138. The van der Waals surface area contributed by atoms with Gasteiger partial charge >= 0.3 is 12.0 Å². The van der Waals surface area contributed by atoms with Crippen molar-refractivity contribution in [2.24, 2.45) is 11.8 Å². The molecule has 0 aliphatic rings. The van der Waals surface area contributed by atoms with Gasteiger partial charge in [-0.25, -0.2) is 4.79 Å². The van der Waals surface area contributed by atoms with Gasteiger partial charge in [-0.3, -0.25) is 4.79 Å². The maximum absolute atomic E-state index is 11.6. The van der Waals surface area contributed by atoms with Crippen molar-refractivity contribution in [3.05, 3.63) is 16.8 Å². The van der Waals surface area contributed by atoms with Gasteiger partial charge in [-0.15, -0.1) is 0 Å². The van der Waals surface area contributed by atoms with Gasteiger partial charge in [0.15, 0.2) is 0 Å². The van der Waals surface area contributed by atoms with Gasteiger partial charge in [0.25, 0.3) is 0 Å². The van der Waals surface area contributed by atoms with Crippen LogP contribution >= 0.6 is 11.3 Å². The second kappa shape index (κ2) is 7.78. The van der Waals surface area contributed by atoms with Crippen LogP contribution in [0.2, 0.25) is 0 Å². The summed E-state index contributed by atoms with van der Waals surface area (Å²) in [5.41, 5.74) is 0.751. The van der Waals surface area contributed by atoms with Crippen molar-refractivity contribution in [1.82, 2.24) is 5.32 Å². The van der Waals surface area contributed by atoms with Crippen molar-refractivity contribution in [2.45, 2.75) is 26.7 Å². The molecule has 106 valence electrons. The molecule has 0 bridgehead atoms. The fraction of sp³-hybridized carbons (Fsp3) is 0.538. The molecule has 0 unspecified atom stereocenters. The van der Waals surface area contributed by atoms with Gasteiger partial charge in [0, 0.05) is 18.3 Å². The van der Waals surface area contributed by atoms with Gasteiger partial charge in [0.2, 0.25) is 0 Å². The fourth-order valence-electron chi connectivity index (χ4n) is 1.90. The second-order valence-electron chi connectivity index (χ2n) is 4.94. The van der Waals surface area contributed by atoms with E-state index in [1.807, 2.05) is 30.7 Å². The molecule has 0 aliphatic carbocycles. The minimum Gasteiger partial charge on any atom is -0.481 e. The van der Waals surface area contributed by atoms with E-state index in [0.717, 1.165) is 12.1 Å². The molecule has 5 nitrogen and oxygen atoms in total. The number of hydrogen-bond acceptors (Lipinski definition) is 3. The van der Waals surface area contributed by atoms with Crippen LogP contribution in [-0.2, 0) is 4.79 Å². The summed E-state index contributed by atoms with van der Waals surface area (Å²) in [7, 11) is 0. The summed E-state index contributed by atoms with van der Waals surface area (Å²) in [6, 6.07) is 1.52. The summed E-state index contributed by atoms with van der Waals surface area (Å²) >= 11 is 1.50. The molecule has 1 aromatic rings. The number of rotatable bonds is 7. The average molecular weight is 284 g/mol. The summed E-state index contributed by atoms with van der Waals surface area (Å²) in [6.07, 6.45) is 0.863. The van der Waals surface area contributed by atoms with Crippen LogP contribution in [0.15, 0.2) is 16.8 Å². The molecule has 0 aromatic carbocycles. The Morgan fingerprint density at radius 2 is 2.16 bits per heavy atom. The van der Waals surface area contributed by atoms with Gasteiger partial charge in [0.1, 0.15) is 0 Å². The highest BCUT2D eigenvalue weighted by Gasteiger charge is 2.16. The summed E-state index contributed by atoms with van der Waals surface area (Å²) in [5.74, 6) is -0.456. The van der Waals surface area contributed by atoms with Gasteiger partial charge in [-0.1, -0.05) is 13.8 Å². The standard InChI is InChI=1S/C13H20N2O3S/c1-9(2)5-10(6-12(16)17)7-14-13(18)15-11-3-4-19-8-11/h3-4,8-10H,5-7H2,1-2H3,(H,16,17)(H2,14,15,18)/t10-/m0/s1. The molecule has 1 aromatic heterocycles. The van der Waals surface area contributed by atoms with Crippen LogP contribution in [0.5, 0.6) is 0 Å². The minimum atomic E-state index is -0.828. The molecule has 0 spiro atoms. The summed E-state index contributed by atoms with van der Waals surface area (Å²) < 4.78 is 0. The Morgan fingerprint density at radius 1 is 1.42 bits per heavy atom. The number of carboxylic acids is 1. The lowest BCUT2D eigenvalue weighted by Crippen LogP contribution is -2.34. The van der Waals surface area contributed by atoms with Crippen molar-refractivity contribution in [1.29, 1.82) is 0 Å². The van der Waals surface area contributed by atoms with E-state index < -0.39 is 5.97 Å². The van der Waals surface area contributed by atoms with E-state index in [0.29, 0.717) is 12.5 Å². The Balaban J connectivity index is 2.37. The molecule has 2 amide bonds. The molecule has 0 saturated heterocycles. The van der Waals surface area contributed by atoms with E-state index in [4.69, 9.17) is 5.11 Å². The highest BCUT2D eigenvalue weighted by atomic mass is 32.1. The number of carbonyl (C=O) groups is 2. The Kier molecular flexibility index (Phi) is 6.35. The van der Waals surface area contributed by atoms with Gasteiger partial charge < -0.3 is 15.7 Å². The monoisotopic (exact) mass is 284 g/mol. The number of hydrogen-bond donors (Lipinski definition) is 3. The first-order valence-corrected chi connectivity index (χ1v) is 7.20. The second-order valence-corrected chi connectivity index (χ2v) is 5.72. The van der Waals surface area contributed by atoms with Gasteiger partial charge in [-0.2, -0.15) is 11.3 Å². The quantitative estimate of drug-likeness (QED) is 0.720. The van der Waals surface area contributed by atoms with Crippen LogP contribution in [0, 0.1) is 11.8 Å². The van der Waals surface area contributed by atoms with Crippen LogP contribution in [0.4, 0.5) is 10.5 Å². The normalized spacial score (nSPS) is 12.2. The predicted octanol–water partition coefficient (Wildman–Crippen LogP) is 3.01. The molecule has 1 atom stereocenters. The zero-order valence-corrected chi connectivity index (χ0v) is 12.0. The Labute approximate surface area is 117 Å². The maximum Gasteiger partial charge on any atom is 0.319 e. The zero-order chi connectivity index (χ0) is 14.3. The Morgan fingerprint density at radius 3 is 2.68 bits per heavy atom. The first-order chi connectivity index (χ1) is 8.97. The van der Waals surface area contributed by atoms with Crippen LogP contribution in [0.3, 0.4) is 0 Å². The van der Waals surface area contributed by atoms with Crippen LogP contribution in [-0.4, -0.2) is 23.7 Å². The Bertz CT molecular complexity index is 404. The third-order valence-electron chi connectivity index (χ3n) is 2.60. The van der Waals surface area contributed by atoms with E-state index in [-0.39, 0.29) is 18.4 Å². The molecule has 19 heavy (non-hydrogen) atoms. The van der Waals surface area contributed by atoms with Gasteiger partial charge in [-0.05, 0) is 29.7 Å². The number of thiophene rings is 1. The molecule has 0 saturated carbocycles. The molecule has 0 aliphatic heterocycles. The zero-order valence-electron chi connectivity index (χ0n) is 11.2. The van der Waals surface area contributed by atoms with E-state index in [1.54, 1.807) is 0 Å². The molecule has 3 N–H and O–H groups in total. The highest BCUT2D eigenvalue weighted by Crippen LogP contribution is 2.15. The lowest BCUT2D eigenvalue weighted by atomic mass is 9.94. The maximum atomic E-state index is 11.6. The number of urea groups is 1. The van der Waals surface area contributed by atoms with E-state index in [1.165, 1.54) is 11.3 Å². The molecule has 0 fully saturated rings. The van der Waals surface area contributed by atoms with Gasteiger partial charge in [0.05, 0.1) is 5.69 Å². The van der Waals surface area contributed by atoms with Crippen LogP contribution < -0.4 is 10.6 Å². The van der Waals surface area contributed by atoms with Crippen molar-refractivity contribution >= 4 is 29.0 Å². The molecule has 1 heterocycles. The molecular weight excluding hydrogens is 264 g/mol. The largest absolute Gasteiger partial charge is 0.481 e. The number of aliphatic carboxylic acids is 1. The van der Waals surface area contributed by atoms with E-state index in [2.05, 4.69) is 10.6 Å². The predicted molar refractivity (Wildman–Crippen MR) is 76.5 cm³/mol. The number of anilines is 1. The topological polar surface area (TPSA) is 78.4 Å². The third kappa shape index (κ3) is 6.81. The summed E-state index contributed by atoms with van der Waals surface area (Å²) in [4.78, 5) is 22.4. The third-order valence-corrected chi connectivity index (χ3v) is 3.28. The first-order valence-electron chi connectivity index (χ1n) is 6.26. The molecule has 6 heteroatoms. The molecule has 0 radical (unpaired) electrons. The van der Waals surface area contributed by atoms with E-state index in [9.17, 15) is 9.59 Å². The number of nitrogens with one attached hydrogen (secondary N) is 2. The van der Waals surface area contributed by atoms with Crippen LogP contribution in [0.25, 0.3) is 0 Å². The fourth-order valence-corrected chi connectivity index (χ4v) is 2.49. The lowest BCUT2D eigenvalue weighted by Gasteiger charge is -2.17. The molecular formula is C13H20N2O3S. The summed E-state index contributed by atoms with van der Waals surface area (Å²) in [5, 5.41) is 18.0. The smallest absolute Gasteiger partial charge is 0.319 e.